The Bertz CT molecular complexity index is 1290. The third-order valence-corrected chi connectivity index (χ3v) is 7.19. The van der Waals surface area contributed by atoms with E-state index in [1.807, 2.05) is 30.3 Å². The van der Waals surface area contributed by atoms with Crippen molar-refractivity contribution in [2.45, 2.75) is 24.4 Å². The Balaban J connectivity index is 1.20. The fourth-order valence-electron chi connectivity index (χ4n) is 5.56. The lowest BCUT2D eigenvalue weighted by molar-refractivity contribution is -0.384. The van der Waals surface area contributed by atoms with E-state index in [-0.39, 0.29) is 36.4 Å². The Morgan fingerprint density at radius 2 is 1.63 bits per heavy atom. The number of amides is 1. The first-order chi connectivity index (χ1) is 17.1. The van der Waals surface area contributed by atoms with Crippen LogP contribution in [0.4, 0.5) is 10.5 Å². The number of morpholine rings is 1. The van der Waals surface area contributed by atoms with Gasteiger partial charge in [0.05, 0.1) is 30.2 Å². The Kier molecular flexibility index (Phi) is 5.34. The standard InChI is InChI=1S/C28H24N2O5/c31-28(35-17-27-25-7-3-1-5-23(25)24-6-2-4-8-26(24)27)29-21-13-19(14-22(29)16-34-15-21)18-9-11-20(12-10-18)30(32)33/h1-13,21-22,27H,14-17H2. The fraction of sp³-hybridized carbons (Fsp3) is 0.250. The van der Waals surface area contributed by atoms with Crippen LogP contribution in [0.2, 0.25) is 0 Å². The molecule has 176 valence electrons. The predicted octanol–water partition coefficient (Wildman–Crippen LogP) is 5.40. The highest BCUT2D eigenvalue weighted by molar-refractivity contribution is 5.79. The van der Waals surface area contributed by atoms with Crippen LogP contribution in [0, 0.1) is 10.1 Å². The molecule has 0 aromatic heterocycles. The average molecular weight is 469 g/mol. The highest BCUT2D eigenvalue weighted by Gasteiger charge is 2.40. The summed E-state index contributed by atoms with van der Waals surface area (Å²) in [5.74, 6) is 0.0124. The number of ether oxygens (including phenoxy) is 2. The second-order valence-corrected chi connectivity index (χ2v) is 9.17. The number of nitrogens with zero attached hydrogens (tertiary/aromatic N) is 2. The van der Waals surface area contributed by atoms with Crippen LogP contribution in [0.5, 0.6) is 0 Å². The first-order valence-corrected chi connectivity index (χ1v) is 11.8. The molecular formula is C28H24N2O5. The minimum Gasteiger partial charge on any atom is -0.448 e. The Hall–Kier alpha value is -3.97. The van der Waals surface area contributed by atoms with Gasteiger partial charge in [-0.25, -0.2) is 4.79 Å². The molecule has 35 heavy (non-hydrogen) atoms. The number of nitro groups is 1. The third kappa shape index (κ3) is 3.78. The monoisotopic (exact) mass is 468 g/mol. The number of fused-ring (bicyclic) bond motifs is 5. The zero-order valence-corrected chi connectivity index (χ0v) is 19.0. The van der Waals surface area contributed by atoms with E-state index in [1.165, 1.54) is 34.4 Å². The predicted molar refractivity (Wildman–Crippen MR) is 131 cm³/mol. The van der Waals surface area contributed by atoms with Crippen LogP contribution in [-0.4, -0.2) is 47.8 Å². The second kappa shape index (κ2) is 8.67. The molecule has 3 aromatic rings. The molecule has 1 saturated heterocycles. The van der Waals surface area contributed by atoms with Crippen LogP contribution < -0.4 is 0 Å². The number of carbonyl (C=O) groups is 1. The molecule has 7 nitrogen and oxygen atoms in total. The molecule has 3 aromatic carbocycles. The zero-order chi connectivity index (χ0) is 23.9. The average Bonchev–Trinajstić information content (AvgIpc) is 3.20. The van der Waals surface area contributed by atoms with E-state index < -0.39 is 4.92 Å². The van der Waals surface area contributed by atoms with Gasteiger partial charge < -0.3 is 9.47 Å². The first-order valence-electron chi connectivity index (χ1n) is 11.8. The van der Waals surface area contributed by atoms with Crippen LogP contribution in [0.1, 0.15) is 29.0 Å². The Morgan fingerprint density at radius 3 is 2.26 bits per heavy atom. The van der Waals surface area contributed by atoms with Gasteiger partial charge in [0.25, 0.3) is 5.69 Å². The van der Waals surface area contributed by atoms with Crippen molar-refractivity contribution in [3.8, 4) is 11.1 Å². The third-order valence-electron chi connectivity index (χ3n) is 7.19. The summed E-state index contributed by atoms with van der Waals surface area (Å²) in [6, 6.07) is 22.8. The van der Waals surface area contributed by atoms with Gasteiger partial charge in [0.15, 0.2) is 0 Å². The van der Waals surface area contributed by atoms with Crippen molar-refractivity contribution in [3.63, 3.8) is 0 Å². The maximum atomic E-state index is 13.3. The SMILES string of the molecule is O=C(OCC1c2ccccc2-c2ccccc21)N1C2C=C(c3ccc([N+](=O)[O-])cc3)CC1COC2. The minimum absolute atomic E-state index is 0.0124. The lowest BCUT2D eigenvalue weighted by Crippen LogP contribution is -2.56. The van der Waals surface area contributed by atoms with Crippen molar-refractivity contribution in [2.24, 2.45) is 0 Å². The van der Waals surface area contributed by atoms with Gasteiger partial charge in [-0.05, 0) is 51.9 Å². The van der Waals surface area contributed by atoms with E-state index in [2.05, 4.69) is 24.3 Å². The molecule has 1 fully saturated rings. The lowest BCUT2D eigenvalue weighted by atomic mass is 9.90. The number of carbonyl (C=O) groups excluding carboxylic acids is 1. The number of hydrogen-bond acceptors (Lipinski definition) is 5. The highest BCUT2D eigenvalue weighted by atomic mass is 16.6. The fourth-order valence-corrected chi connectivity index (χ4v) is 5.56. The summed E-state index contributed by atoms with van der Waals surface area (Å²) in [7, 11) is 0. The van der Waals surface area contributed by atoms with Crippen molar-refractivity contribution in [3.05, 3.63) is 106 Å². The van der Waals surface area contributed by atoms with E-state index in [1.54, 1.807) is 17.0 Å². The molecule has 0 saturated carbocycles. The van der Waals surface area contributed by atoms with Crippen LogP contribution in [0.15, 0.2) is 78.9 Å². The van der Waals surface area contributed by atoms with Gasteiger partial charge in [0.2, 0.25) is 0 Å². The summed E-state index contributed by atoms with van der Waals surface area (Å²) in [5.41, 5.74) is 6.83. The van der Waals surface area contributed by atoms with Gasteiger partial charge in [-0.2, -0.15) is 0 Å². The topological polar surface area (TPSA) is 81.9 Å². The number of benzene rings is 3. The quantitative estimate of drug-likeness (QED) is 0.378. The summed E-state index contributed by atoms with van der Waals surface area (Å²) < 4.78 is 11.7. The number of nitro benzene ring substituents is 1. The van der Waals surface area contributed by atoms with Crippen molar-refractivity contribution in [1.82, 2.24) is 4.90 Å². The smallest absolute Gasteiger partial charge is 0.410 e. The van der Waals surface area contributed by atoms with Crippen LogP contribution in [-0.2, 0) is 9.47 Å². The summed E-state index contributed by atoms with van der Waals surface area (Å²) in [6.07, 6.45) is 2.31. The maximum Gasteiger partial charge on any atom is 0.410 e. The van der Waals surface area contributed by atoms with Crippen molar-refractivity contribution >= 4 is 17.4 Å². The lowest BCUT2D eigenvalue weighted by Gasteiger charge is -2.44. The van der Waals surface area contributed by atoms with Gasteiger partial charge >= 0.3 is 6.09 Å². The van der Waals surface area contributed by atoms with Gasteiger partial charge in [-0.15, -0.1) is 0 Å². The van der Waals surface area contributed by atoms with Gasteiger partial charge in [0.1, 0.15) is 6.61 Å². The van der Waals surface area contributed by atoms with Crippen molar-refractivity contribution in [2.75, 3.05) is 19.8 Å². The van der Waals surface area contributed by atoms with Gasteiger partial charge in [-0.1, -0.05) is 54.6 Å². The van der Waals surface area contributed by atoms with Crippen LogP contribution in [0.25, 0.3) is 16.7 Å². The molecule has 7 heteroatoms. The van der Waals surface area contributed by atoms with Crippen LogP contribution in [0.3, 0.4) is 0 Å². The minimum atomic E-state index is -0.402. The highest BCUT2D eigenvalue weighted by Crippen LogP contribution is 2.44. The molecule has 0 spiro atoms. The molecule has 2 atom stereocenters. The van der Waals surface area contributed by atoms with E-state index in [0.717, 1.165) is 11.1 Å². The molecule has 2 aliphatic heterocycles. The Morgan fingerprint density at radius 1 is 0.971 bits per heavy atom. The molecule has 1 aliphatic carbocycles. The largest absolute Gasteiger partial charge is 0.448 e. The zero-order valence-electron chi connectivity index (χ0n) is 19.0. The molecule has 6 rings (SSSR count). The molecule has 0 radical (unpaired) electrons. The molecule has 0 N–H and O–H groups in total. The molecule has 1 amide bonds. The number of rotatable bonds is 4. The summed E-state index contributed by atoms with van der Waals surface area (Å²) >= 11 is 0. The molecule has 2 unspecified atom stereocenters. The molecule has 2 heterocycles. The maximum absolute atomic E-state index is 13.3. The molecule has 2 bridgehead atoms. The number of non-ortho nitro benzene ring substituents is 1. The molecule has 3 aliphatic rings. The van der Waals surface area contributed by atoms with E-state index in [0.29, 0.717) is 19.6 Å². The Labute approximate surface area is 202 Å². The molecular weight excluding hydrogens is 444 g/mol. The van der Waals surface area contributed by atoms with Gasteiger partial charge in [-0.3, -0.25) is 15.0 Å². The van der Waals surface area contributed by atoms with E-state index in [9.17, 15) is 14.9 Å². The first kappa shape index (κ1) is 21.6. The van der Waals surface area contributed by atoms with Gasteiger partial charge in [0, 0.05) is 18.1 Å². The van der Waals surface area contributed by atoms with E-state index >= 15 is 0 Å². The summed E-state index contributed by atoms with van der Waals surface area (Å²) in [5, 5.41) is 11.0. The summed E-state index contributed by atoms with van der Waals surface area (Å²) in [6.45, 7) is 1.12. The van der Waals surface area contributed by atoms with Crippen LogP contribution >= 0.6 is 0 Å². The van der Waals surface area contributed by atoms with Crippen molar-refractivity contribution in [1.29, 1.82) is 0 Å². The summed E-state index contributed by atoms with van der Waals surface area (Å²) in [4.78, 5) is 25.7. The normalized spacial score (nSPS) is 20.6. The number of hydrogen-bond donors (Lipinski definition) is 0. The van der Waals surface area contributed by atoms with E-state index in [4.69, 9.17) is 9.47 Å². The second-order valence-electron chi connectivity index (χ2n) is 9.17. The van der Waals surface area contributed by atoms with Crippen molar-refractivity contribution < 1.29 is 19.2 Å².